The van der Waals surface area contributed by atoms with E-state index in [1.807, 2.05) is 6.92 Å². The van der Waals surface area contributed by atoms with Crippen molar-refractivity contribution in [2.24, 2.45) is 0 Å². The molecule has 1 aromatic heterocycles. The molecule has 0 aliphatic carbocycles. The molecule has 21 heavy (non-hydrogen) atoms. The SMILES string of the molecule is CC(c1ccco1)N(C)C(=O)c1ccc(OC(F)F)cc1. The summed E-state index contributed by atoms with van der Waals surface area (Å²) in [5.41, 5.74) is 0.387. The largest absolute Gasteiger partial charge is 0.467 e. The van der Waals surface area contributed by atoms with E-state index in [0.29, 0.717) is 11.3 Å². The zero-order chi connectivity index (χ0) is 15.4. The van der Waals surface area contributed by atoms with Crippen LogP contribution in [0.2, 0.25) is 0 Å². The van der Waals surface area contributed by atoms with Crippen molar-refractivity contribution in [3.8, 4) is 5.75 Å². The molecule has 4 nitrogen and oxygen atoms in total. The van der Waals surface area contributed by atoms with E-state index >= 15 is 0 Å². The third-order valence-electron chi connectivity index (χ3n) is 3.18. The molecule has 1 atom stereocenters. The Morgan fingerprint density at radius 3 is 2.43 bits per heavy atom. The Balaban J connectivity index is 2.08. The number of halogens is 2. The van der Waals surface area contributed by atoms with Gasteiger partial charge in [-0.25, -0.2) is 0 Å². The third-order valence-corrected chi connectivity index (χ3v) is 3.18. The number of carbonyl (C=O) groups is 1. The first-order valence-electron chi connectivity index (χ1n) is 6.34. The lowest BCUT2D eigenvalue weighted by atomic mass is 10.1. The van der Waals surface area contributed by atoms with Gasteiger partial charge in [-0.3, -0.25) is 4.79 Å². The Labute approximate surface area is 120 Å². The first-order chi connectivity index (χ1) is 9.99. The van der Waals surface area contributed by atoms with E-state index in [1.165, 1.54) is 29.2 Å². The minimum atomic E-state index is -2.88. The molecule has 0 aliphatic rings. The molecule has 0 saturated carbocycles. The van der Waals surface area contributed by atoms with Crippen molar-refractivity contribution in [2.75, 3.05) is 7.05 Å². The van der Waals surface area contributed by atoms with Gasteiger partial charge in [-0.05, 0) is 43.3 Å². The van der Waals surface area contributed by atoms with E-state index in [0.717, 1.165) is 0 Å². The van der Waals surface area contributed by atoms with Gasteiger partial charge in [-0.1, -0.05) is 0 Å². The predicted molar refractivity (Wildman–Crippen MR) is 72.3 cm³/mol. The van der Waals surface area contributed by atoms with Crippen LogP contribution in [0.3, 0.4) is 0 Å². The van der Waals surface area contributed by atoms with Crippen molar-refractivity contribution in [3.63, 3.8) is 0 Å². The minimum absolute atomic E-state index is 0.0169. The molecule has 0 aliphatic heterocycles. The van der Waals surface area contributed by atoms with E-state index in [9.17, 15) is 13.6 Å². The van der Waals surface area contributed by atoms with Gasteiger partial charge in [0, 0.05) is 12.6 Å². The fraction of sp³-hybridized carbons (Fsp3) is 0.267. The van der Waals surface area contributed by atoms with Crippen molar-refractivity contribution in [1.29, 1.82) is 0 Å². The number of amides is 1. The average Bonchev–Trinajstić information content (AvgIpc) is 2.99. The molecule has 112 valence electrons. The number of furan rings is 1. The second kappa shape index (κ2) is 6.39. The van der Waals surface area contributed by atoms with Gasteiger partial charge in [0.25, 0.3) is 5.91 Å². The van der Waals surface area contributed by atoms with E-state index in [1.54, 1.807) is 25.4 Å². The van der Waals surface area contributed by atoms with Crippen LogP contribution in [0, 0.1) is 0 Å². The number of hydrogen-bond acceptors (Lipinski definition) is 3. The van der Waals surface area contributed by atoms with Gasteiger partial charge in [-0.2, -0.15) is 8.78 Å². The van der Waals surface area contributed by atoms with Crippen LogP contribution in [0.4, 0.5) is 8.78 Å². The Morgan fingerprint density at radius 1 is 1.24 bits per heavy atom. The summed E-state index contributed by atoms with van der Waals surface area (Å²) in [5.74, 6) is 0.453. The molecule has 0 N–H and O–H groups in total. The highest BCUT2D eigenvalue weighted by molar-refractivity contribution is 5.94. The molecular formula is C15H15F2NO3. The summed E-state index contributed by atoms with van der Waals surface area (Å²) in [6.45, 7) is -1.04. The van der Waals surface area contributed by atoms with Crippen LogP contribution in [0.15, 0.2) is 47.1 Å². The zero-order valence-electron chi connectivity index (χ0n) is 11.6. The molecule has 0 bridgehead atoms. The molecule has 1 aromatic carbocycles. The zero-order valence-corrected chi connectivity index (χ0v) is 11.6. The molecule has 6 heteroatoms. The highest BCUT2D eigenvalue weighted by Crippen LogP contribution is 2.22. The Kier molecular flexibility index (Phi) is 4.57. The van der Waals surface area contributed by atoms with E-state index < -0.39 is 6.61 Å². The summed E-state index contributed by atoms with van der Waals surface area (Å²) in [6, 6.07) is 8.88. The van der Waals surface area contributed by atoms with Gasteiger partial charge in [0.2, 0.25) is 0 Å². The molecule has 0 spiro atoms. The molecule has 2 aromatic rings. The van der Waals surface area contributed by atoms with Crippen molar-refractivity contribution in [1.82, 2.24) is 4.90 Å². The van der Waals surface area contributed by atoms with Crippen LogP contribution >= 0.6 is 0 Å². The highest BCUT2D eigenvalue weighted by Gasteiger charge is 2.20. The molecule has 0 saturated heterocycles. The molecule has 1 unspecified atom stereocenters. The fourth-order valence-electron chi connectivity index (χ4n) is 1.88. The van der Waals surface area contributed by atoms with E-state index in [4.69, 9.17) is 4.42 Å². The molecule has 0 radical (unpaired) electrons. The summed E-state index contributed by atoms with van der Waals surface area (Å²) in [6.07, 6.45) is 1.54. The van der Waals surface area contributed by atoms with Crippen LogP contribution in [0.25, 0.3) is 0 Å². The van der Waals surface area contributed by atoms with Gasteiger partial charge in [-0.15, -0.1) is 0 Å². The molecule has 2 rings (SSSR count). The van der Waals surface area contributed by atoms with Crippen molar-refractivity contribution in [2.45, 2.75) is 19.6 Å². The van der Waals surface area contributed by atoms with Crippen molar-refractivity contribution < 1.29 is 22.7 Å². The quantitative estimate of drug-likeness (QED) is 0.844. The Morgan fingerprint density at radius 2 is 1.90 bits per heavy atom. The second-order valence-electron chi connectivity index (χ2n) is 4.51. The lowest BCUT2D eigenvalue weighted by Gasteiger charge is -2.23. The van der Waals surface area contributed by atoms with Gasteiger partial charge in [0.05, 0.1) is 12.3 Å². The van der Waals surface area contributed by atoms with Gasteiger partial charge < -0.3 is 14.1 Å². The Hall–Kier alpha value is -2.37. The fourth-order valence-corrected chi connectivity index (χ4v) is 1.88. The number of rotatable bonds is 5. The van der Waals surface area contributed by atoms with Gasteiger partial charge in [0.1, 0.15) is 11.5 Å². The van der Waals surface area contributed by atoms with E-state index in [-0.39, 0.29) is 17.7 Å². The van der Waals surface area contributed by atoms with Crippen LogP contribution < -0.4 is 4.74 Å². The maximum absolute atomic E-state index is 12.3. The maximum Gasteiger partial charge on any atom is 0.387 e. The standard InChI is InChI=1S/C15H15F2NO3/c1-10(13-4-3-9-20-13)18(2)14(19)11-5-7-12(8-6-11)21-15(16)17/h3-10,15H,1-2H3. The predicted octanol–water partition coefficient (Wildman–Crippen LogP) is 3.71. The monoisotopic (exact) mass is 295 g/mol. The summed E-state index contributed by atoms with van der Waals surface area (Å²) >= 11 is 0. The normalized spacial score (nSPS) is 12.2. The summed E-state index contributed by atoms with van der Waals surface area (Å²) in [4.78, 5) is 13.8. The average molecular weight is 295 g/mol. The van der Waals surface area contributed by atoms with Crippen molar-refractivity contribution >= 4 is 5.91 Å². The first kappa shape index (κ1) is 15.0. The number of nitrogens with zero attached hydrogens (tertiary/aromatic N) is 1. The molecule has 1 heterocycles. The summed E-state index contributed by atoms with van der Waals surface area (Å²) in [5, 5.41) is 0. The summed E-state index contributed by atoms with van der Waals surface area (Å²) < 4.78 is 33.6. The highest BCUT2D eigenvalue weighted by atomic mass is 19.3. The van der Waals surface area contributed by atoms with Crippen LogP contribution in [0.5, 0.6) is 5.75 Å². The number of alkyl halides is 2. The van der Waals surface area contributed by atoms with E-state index in [2.05, 4.69) is 4.74 Å². The maximum atomic E-state index is 12.3. The van der Waals surface area contributed by atoms with Gasteiger partial charge >= 0.3 is 6.61 Å². The molecule has 1 amide bonds. The topological polar surface area (TPSA) is 42.7 Å². The van der Waals surface area contributed by atoms with Gasteiger partial charge in [0.15, 0.2) is 0 Å². The van der Waals surface area contributed by atoms with Crippen LogP contribution in [-0.4, -0.2) is 24.5 Å². The lowest BCUT2D eigenvalue weighted by molar-refractivity contribution is -0.0498. The lowest BCUT2D eigenvalue weighted by Crippen LogP contribution is -2.29. The number of hydrogen-bond donors (Lipinski definition) is 0. The van der Waals surface area contributed by atoms with Crippen LogP contribution in [0.1, 0.15) is 29.1 Å². The van der Waals surface area contributed by atoms with Crippen LogP contribution in [-0.2, 0) is 0 Å². The third kappa shape index (κ3) is 3.59. The first-order valence-corrected chi connectivity index (χ1v) is 6.34. The van der Waals surface area contributed by atoms with Crippen molar-refractivity contribution in [3.05, 3.63) is 54.0 Å². The minimum Gasteiger partial charge on any atom is -0.467 e. The number of ether oxygens (including phenoxy) is 1. The second-order valence-corrected chi connectivity index (χ2v) is 4.51. The Bertz CT molecular complexity index is 581. The molecule has 0 fully saturated rings. The molecular weight excluding hydrogens is 280 g/mol. The number of carbonyl (C=O) groups excluding carboxylic acids is 1. The smallest absolute Gasteiger partial charge is 0.387 e. The number of benzene rings is 1. The summed E-state index contributed by atoms with van der Waals surface area (Å²) in [7, 11) is 1.65.